The van der Waals surface area contributed by atoms with Crippen LogP contribution in [0.4, 0.5) is 11.4 Å². The molecule has 1 aromatic carbocycles. The van der Waals surface area contributed by atoms with Gasteiger partial charge in [-0.3, -0.25) is 4.90 Å². The highest BCUT2D eigenvalue weighted by atomic mass is 16.5. The topological polar surface area (TPSA) is 28.2 Å². The number of morpholine rings is 1. The van der Waals surface area contributed by atoms with Crippen molar-refractivity contribution in [3.8, 4) is 0 Å². The number of anilines is 2. The van der Waals surface area contributed by atoms with Gasteiger partial charge in [-0.2, -0.15) is 0 Å². The summed E-state index contributed by atoms with van der Waals surface area (Å²) in [4.78, 5) is 7.71. The minimum Gasteiger partial charge on any atom is -0.383 e. The molecule has 5 nitrogen and oxygen atoms in total. The van der Waals surface area contributed by atoms with Crippen LogP contribution in [0.1, 0.15) is 57.9 Å². The lowest BCUT2D eigenvalue weighted by Gasteiger charge is -2.41. The van der Waals surface area contributed by atoms with E-state index in [9.17, 15) is 0 Å². The zero-order chi connectivity index (χ0) is 22.6. The first-order chi connectivity index (χ1) is 15.5. The van der Waals surface area contributed by atoms with Crippen LogP contribution in [-0.2, 0) is 9.47 Å². The molecule has 3 aliphatic rings. The molecule has 0 aromatic heterocycles. The van der Waals surface area contributed by atoms with Crippen molar-refractivity contribution in [2.24, 2.45) is 11.3 Å². The molecule has 0 bridgehead atoms. The largest absolute Gasteiger partial charge is 0.383 e. The molecule has 0 unspecified atom stereocenters. The SMILES string of the molecule is COCCN1CCN(c2cc(N3CCOCC3)ccc2C2CCC(C(C)(C)C)CC2)CC1. The van der Waals surface area contributed by atoms with Crippen molar-refractivity contribution in [2.45, 2.75) is 52.4 Å². The summed E-state index contributed by atoms with van der Waals surface area (Å²) in [5.41, 5.74) is 4.91. The Hall–Kier alpha value is -1.30. The van der Waals surface area contributed by atoms with E-state index in [0.29, 0.717) is 11.3 Å². The first kappa shape index (κ1) is 23.8. The van der Waals surface area contributed by atoms with Crippen molar-refractivity contribution >= 4 is 11.4 Å². The van der Waals surface area contributed by atoms with Gasteiger partial charge in [0.2, 0.25) is 0 Å². The summed E-state index contributed by atoms with van der Waals surface area (Å²) in [5.74, 6) is 1.56. The van der Waals surface area contributed by atoms with Gasteiger partial charge in [0.15, 0.2) is 0 Å². The Labute approximate surface area is 196 Å². The Morgan fingerprint density at radius 3 is 2.22 bits per heavy atom. The van der Waals surface area contributed by atoms with Gasteiger partial charge in [0.1, 0.15) is 0 Å². The van der Waals surface area contributed by atoms with Gasteiger partial charge in [-0.05, 0) is 60.6 Å². The lowest BCUT2D eigenvalue weighted by Crippen LogP contribution is -2.47. The number of hydrogen-bond acceptors (Lipinski definition) is 5. The fourth-order valence-corrected chi connectivity index (χ4v) is 5.87. The highest BCUT2D eigenvalue weighted by molar-refractivity contribution is 5.65. The van der Waals surface area contributed by atoms with Crippen molar-refractivity contribution in [3.05, 3.63) is 23.8 Å². The number of benzene rings is 1. The van der Waals surface area contributed by atoms with Crippen LogP contribution in [0.5, 0.6) is 0 Å². The third-order valence-electron chi connectivity index (χ3n) is 8.11. The zero-order valence-electron chi connectivity index (χ0n) is 20.9. The molecule has 0 amide bonds. The van der Waals surface area contributed by atoms with Crippen molar-refractivity contribution in [2.75, 3.05) is 82.5 Å². The first-order valence-electron chi connectivity index (χ1n) is 12.9. The Kier molecular flexibility index (Phi) is 8.01. The maximum absolute atomic E-state index is 5.60. The molecule has 0 spiro atoms. The first-order valence-corrected chi connectivity index (χ1v) is 12.9. The molecular formula is C27H45N3O2. The van der Waals surface area contributed by atoms with Crippen LogP contribution in [0.3, 0.4) is 0 Å². The minimum absolute atomic E-state index is 0.437. The molecule has 5 heteroatoms. The molecule has 2 saturated heterocycles. The number of hydrogen-bond donors (Lipinski definition) is 0. The molecule has 3 fully saturated rings. The van der Waals surface area contributed by atoms with Crippen molar-refractivity contribution in [3.63, 3.8) is 0 Å². The number of nitrogens with zero attached hydrogens (tertiary/aromatic N) is 3. The maximum Gasteiger partial charge on any atom is 0.0642 e. The van der Waals surface area contributed by atoms with Gasteiger partial charge < -0.3 is 19.3 Å². The fraction of sp³-hybridized carbons (Fsp3) is 0.778. The zero-order valence-corrected chi connectivity index (χ0v) is 20.9. The number of methoxy groups -OCH3 is 1. The molecule has 32 heavy (non-hydrogen) atoms. The van der Waals surface area contributed by atoms with Crippen LogP contribution in [0.25, 0.3) is 0 Å². The summed E-state index contributed by atoms with van der Waals surface area (Å²) in [6, 6.07) is 7.36. The van der Waals surface area contributed by atoms with Gasteiger partial charge in [0.25, 0.3) is 0 Å². The molecule has 4 rings (SSSR count). The summed E-state index contributed by atoms with van der Waals surface area (Å²) < 4.78 is 10.9. The van der Waals surface area contributed by atoms with Crippen LogP contribution in [0.2, 0.25) is 0 Å². The highest BCUT2D eigenvalue weighted by Gasteiger charge is 2.32. The standard InChI is InChI=1S/C27H45N3O2/c1-27(2,3)23-7-5-22(6-8-23)25-10-9-24(29-16-19-32-20-17-29)21-26(25)30-13-11-28(12-14-30)15-18-31-4/h9-10,21-23H,5-8,11-20H2,1-4H3. The van der Waals surface area contributed by atoms with Gasteiger partial charge in [0.05, 0.1) is 19.8 Å². The summed E-state index contributed by atoms with van der Waals surface area (Å²) in [6.07, 6.45) is 5.40. The molecule has 1 saturated carbocycles. The fourth-order valence-electron chi connectivity index (χ4n) is 5.87. The summed E-state index contributed by atoms with van der Waals surface area (Å²) in [7, 11) is 1.80. The predicted molar refractivity (Wildman–Crippen MR) is 134 cm³/mol. The molecule has 1 aliphatic carbocycles. The second kappa shape index (κ2) is 10.8. The number of rotatable bonds is 6. The quantitative estimate of drug-likeness (QED) is 0.640. The van der Waals surface area contributed by atoms with E-state index in [0.717, 1.165) is 71.6 Å². The van der Waals surface area contributed by atoms with Gasteiger partial charge in [-0.1, -0.05) is 26.8 Å². The van der Waals surface area contributed by atoms with E-state index in [2.05, 4.69) is 53.7 Å². The highest BCUT2D eigenvalue weighted by Crippen LogP contribution is 2.46. The third kappa shape index (κ3) is 5.78. The predicted octanol–water partition coefficient (Wildman–Crippen LogP) is 4.61. The summed E-state index contributed by atoms with van der Waals surface area (Å²) in [6.45, 7) is 17.3. The van der Waals surface area contributed by atoms with Gasteiger partial charge >= 0.3 is 0 Å². The molecule has 0 N–H and O–H groups in total. The molecule has 0 radical (unpaired) electrons. The van der Waals surface area contributed by atoms with Crippen LogP contribution in [-0.4, -0.2) is 77.6 Å². The monoisotopic (exact) mass is 443 g/mol. The average molecular weight is 444 g/mol. The average Bonchev–Trinajstić information content (AvgIpc) is 2.83. The van der Waals surface area contributed by atoms with Crippen LogP contribution in [0.15, 0.2) is 18.2 Å². The van der Waals surface area contributed by atoms with E-state index in [1.165, 1.54) is 37.1 Å². The summed E-state index contributed by atoms with van der Waals surface area (Å²) >= 11 is 0. The van der Waals surface area contributed by atoms with E-state index in [-0.39, 0.29) is 0 Å². The van der Waals surface area contributed by atoms with Crippen molar-refractivity contribution in [1.82, 2.24) is 4.90 Å². The second-order valence-electron chi connectivity index (χ2n) is 11.1. The molecule has 180 valence electrons. The van der Waals surface area contributed by atoms with Crippen LogP contribution < -0.4 is 9.80 Å². The normalized spacial score (nSPS) is 25.9. The van der Waals surface area contributed by atoms with Gasteiger partial charge in [-0.25, -0.2) is 0 Å². The molecule has 1 aromatic rings. The Bertz CT molecular complexity index is 710. The molecule has 0 atom stereocenters. The maximum atomic E-state index is 5.60. The minimum atomic E-state index is 0.437. The van der Waals surface area contributed by atoms with Crippen LogP contribution >= 0.6 is 0 Å². The number of ether oxygens (including phenoxy) is 2. The van der Waals surface area contributed by atoms with Crippen LogP contribution in [0, 0.1) is 11.3 Å². The smallest absolute Gasteiger partial charge is 0.0642 e. The Morgan fingerprint density at radius 2 is 1.59 bits per heavy atom. The molecule has 2 heterocycles. The van der Waals surface area contributed by atoms with E-state index in [1.54, 1.807) is 12.7 Å². The number of piperazine rings is 1. The lowest BCUT2D eigenvalue weighted by molar-refractivity contribution is 0.122. The van der Waals surface area contributed by atoms with E-state index < -0.39 is 0 Å². The lowest BCUT2D eigenvalue weighted by atomic mass is 9.68. The van der Waals surface area contributed by atoms with Gasteiger partial charge in [-0.15, -0.1) is 0 Å². The van der Waals surface area contributed by atoms with Gasteiger partial charge in [0, 0.05) is 64.3 Å². The summed E-state index contributed by atoms with van der Waals surface area (Å²) in [5, 5.41) is 0. The van der Waals surface area contributed by atoms with E-state index >= 15 is 0 Å². The molecule has 2 aliphatic heterocycles. The van der Waals surface area contributed by atoms with Crippen molar-refractivity contribution in [1.29, 1.82) is 0 Å². The third-order valence-corrected chi connectivity index (χ3v) is 8.11. The van der Waals surface area contributed by atoms with E-state index in [4.69, 9.17) is 9.47 Å². The van der Waals surface area contributed by atoms with E-state index in [1.807, 2.05) is 0 Å². The Morgan fingerprint density at radius 1 is 0.906 bits per heavy atom. The van der Waals surface area contributed by atoms with Crippen molar-refractivity contribution < 1.29 is 9.47 Å². The second-order valence-corrected chi connectivity index (χ2v) is 11.1. The molecular weight excluding hydrogens is 398 g/mol. The Balaban J connectivity index is 1.52.